The Morgan fingerprint density at radius 3 is 2.60 bits per heavy atom. The SMILES string of the molecule is CCc1nsc(N2CCN(C(=NCC(=O)N(C)C)NC3CC3)CC2)n1. The molecule has 1 N–H and O–H groups in total. The van der Waals surface area contributed by atoms with Crippen LogP contribution in [0.2, 0.25) is 0 Å². The van der Waals surface area contributed by atoms with Crippen LogP contribution in [0, 0.1) is 0 Å². The molecule has 0 unspecified atom stereocenters. The molecular weight excluding hydrogens is 338 g/mol. The Balaban J connectivity index is 1.59. The highest BCUT2D eigenvalue weighted by molar-refractivity contribution is 7.09. The van der Waals surface area contributed by atoms with Crippen LogP contribution in [0.15, 0.2) is 4.99 Å². The van der Waals surface area contributed by atoms with Gasteiger partial charge in [-0.05, 0) is 12.8 Å². The summed E-state index contributed by atoms with van der Waals surface area (Å²) in [5.41, 5.74) is 0. The van der Waals surface area contributed by atoms with E-state index in [1.165, 1.54) is 24.4 Å². The second kappa shape index (κ2) is 7.99. The molecule has 2 fully saturated rings. The molecule has 25 heavy (non-hydrogen) atoms. The predicted octanol–water partition coefficient (Wildman–Crippen LogP) is 0.419. The van der Waals surface area contributed by atoms with E-state index < -0.39 is 0 Å². The molecule has 0 atom stereocenters. The molecular formula is C16H27N7OS. The lowest BCUT2D eigenvalue weighted by molar-refractivity contribution is -0.127. The van der Waals surface area contributed by atoms with Gasteiger partial charge in [0.1, 0.15) is 12.4 Å². The number of guanidine groups is 1. The number of nitrogens with zero attached hydrogens (tertiary/aromatic N) is 6. The monoisotopic (exact) mass is 365 g/mol. The Kier molecular flexibility index (Phi) is 5.72. The Bertz CT molecular complexity index is 618. The van der Waals surface area contributed by atoms with E-state index >= 15 is 0 Å². The highest BCUT2D eigenvalue weighted by Gasteiger charge is 2.27. The second-order valence-electron chi connectivity index (χ2n) is 6.67. The molecule has 1 saturated heterocycles. The third kappa shape index (κ3) is 4.81. The van der Waals surface area contributed by atoms with Crippen molar-refractivity contribution in [3.05, 3.63) is 5.82 Å². The van der Waals surface area contributed by atoms with Crippen molar-refractivity contribution in [2.45, 2.75) is 32.2 Å². The van der Waals surface area contributed by atoms with E-state index in [2.05, 4.69) is 36.4 Å². The summed E-state index contributed by atoms with van der Waals surface area (Å²) in [7, 11) is 3.52. The average molecular weight is 366 g/mol. The van der Waals surface area contributed by atoms with Gasteiger partial charge in [0.2, 0.25) is 11.0 Å². The smallest absolute Gasteiger partial charge is 0.243 e. The van der Waals surface area contributed by atoms with Gasteiger partial charge >= 0.3 is 0 Å². The molecule has 8 nitrogen and oxygen atoms in total. The lowest BCUT2D eigenvalue weighted by atomic mass is 10.3. The van der Waals surface area contributed by atoms with Crippen LogP contribution in [0.3, 0.4) is 0 Å². The first-order valence-corrected chi connectivity index (χ1v) is 9.67. The van der Waals surface area contributed by atoms with Crippen molar-refractivity contribution < 1.29 is 4.79 Å². The van der Waals surface area contributed by atoms with Gasteiger partial charge in [0.05, 0.1) is 0 Å². The van der Waals surface area contributed by atoms with Crippen LogP contribution in [-0.2, 0) is 11.2 Å². The summed E-state index contributed by atoms with van der Waals surface area (Å²) in [4.78, 5) is 27.1. The highest BCUT2D eigenvalue weighted by Crippen LogP contribution is 2.21. The van der Waals surface area contributed by atoms with Crippen molar-refractivity contribution in [1.29, 1.82) is 0 Å². The fourth-order valence-electron chi connectivity index (χ4n) is 2.56. The number of carbonyl (C=O) groups excluding carboxylic acids is 1. The second-order valence-corrected chi connectivity index (χ2v) is 7.40. The summed E-state index contributed by atoms with van der Waals surface area (Å²) >= 11 is 1.48. The number of anilines is 1. The van der Waals surface area contributed by atoms with Gasteiger partial charge in [0, 0.05) is 64.3 Å². The fourth-order valence-corrected chi connectivity index (χ4v) is 3.36. The lowest BCUT2D eigenvalue weighted by Crippen LogP contribution is -2.53. The van der Waals surface area contributed by atoms with Crippen molar-refractivity contribution in [1.82, 2.24) is 24.5 Å². The summed E-state index contributed by atoms with van der Waals surface area (Å²) in [6.45, 7) is 5.80. The molecule has 9 heteroatoms. The van der Waals surface area contributed by atoms with Crippen LogP contribution >= 0.6 is 11.5 Å². The summed E-state index contributed by atoms with van der Waals surface area (Å²) in [6.07, 6.45) is 3.24. The zero-order valence-corrected chi connectivity index (χ0v) is 16.1. The molecule has 1 aliphatic carbocycles. The number of piperazine rings is 1. The van der Waals surface area contributed by atoms with E-state index in [-0.39, 0.29) is 12.5 Å². The number of aryl methyl sites for hydroxylation is 1. The van der Waals surface area contributed by atoms with Gasteiger partial charge < -0.3 is 20.0 Å². The van der Waals surface area contributed by atoms with Crippen molar-refractivity contribution in [2.24, 2.45) is 4.99 Å². The summed E-state index contributed by atoms with van der Waals surface area (Å²) < 4.78 is 4.37. The van der Waals surface area contributed by atoms with Crippen LogP contribution in [-0.4, -0.2) is 83.9 Å². The van der Waals surface area contributed by atoms with Crippen LogP contribution in [0.5, 0.6) is 0 Å². The van der Waals surface area contributed by atoms with E-state index in [0.717, 1.165) is 49.5 Å². The van der Waals surface area contributed by atoms with Crippen molar-refractivity contribution >= 4 is 28.5 Å². The van der Waals surface area contributed by atoms with Crippen molar-refractivity contribution in [3.8, 4) is 0 Å². The zero-order chi connectivity index (χ0) is 17.8. The van der Waals surface area contributed by atoms with Crippen LogP contribution < -0.4 is 10.2 Å². The Morgan fingerprint density at radius 2 is 2.04 bits per heavy atom. The Hall–Kier alpha value is -1.90. The van der Waals surface area contributed by atoms with E-state index in [1.807, 2.05) is 0 Å². The number of likely N-dealkylation sites (N-methyl/N-ethyl adjacent to an activating group) is 1. The number of hydrogen-bond acceptors (Lipinski definition) is 6. The molecule has 1 amide bonds. The number of rotatable bonds is 5. The van der Waals surface area contributed by atoms with Crippen LogP contribution in [0.1, 0.15) is 25.6 Å². The molecule has 0 spiro atoms. The maximum absolute atomic E-state index is 11.8. The molecule has 3 rings (SSSR count). The van der Waals surface area contributed by atoms with E-state index in [9.17, 15) is 4.79 Å². The fraction of sp³-hybridized carbons (Fsp3) is 0.750. The molecule has 138 valence electrons. The lowest BCUT2D eigenvalue weighted by Gasteiger charge is -2.36. The third-order valence-corrected chi connectivity index (χ3v) is 5.21. The van der Waals surface area contributed by atoms with Crippen molar-refractivity contribution in [2.75, 3.05) is 51.7 Å². The maximum Gasteiger partial charge on any atom is 0.243 e. The minimum absolute atomic E-state index is 0.0229. The van der Waals surface area contributed by atoms with Gasteiger partial charge in [-0.3, -0.25) is 4.79 Å². The van der Waals surface area contributed by atoms with Gasteiger partial charge in [0.15, 0.2) is 5.96 Å². The first-order chi connectivity index (χ1) is 12.1. The number of aliphatic imine (C=N–C) groups is 1. The standard InChI is InChI=1S/C16H27N7OS/c1-4-13-19-16(25-20-13)23-9-7-22(8-10-23)15(18-12-5-6-12)17-11-14(24)21(2)3/h12H,4-11H2,1-3H3,(H,17,18). The molecule has 2 aliphatic rings. The quantitative estimate of drug-likeness (QED) is 0.602. The number of hydrogen-bond donors (Lipinski definition) is 1. The van der Waals surface area contributed by atoms with Gasteiger partial charge in [-0.15, -0.1) is 0 Å². The minimum atomic E-state index is 0.0229. The van der Waals surface area contributed by atoms with Gasteiger partial charge in [0.25, 0.3) is 0 Å². The molecule has 0 radical (unpaired) electrons. The van der Waals surface area contributed by atoms with E-state index in [1.54, 1.807) is 19.0 Å². The Labute approximate surface area is 153 Å². The zero-order valence-electron chi connectivity index (χ0n) is 15.2. The normalized spacial score (nSPS) is 18.4. The summed E-state index contributed by atoms with van der Waals surface area (Å²) in [5, 5.41) is 4.49. The van der Waals surface area contributed by atoms with Gasteiger partial charge in [-0.25, -0.2) is 9.98 Å². The van der Waals surface area contributed by atoms with Crippen molar-refractivity contribution in [3.63, 3.8) is 0 Å². The molecule has 2 heterocycles. The average Bonchev–Trinajstić information content (AvgIpc) is 3.31. The first-order valence-electron chi connectivity index (χ1n) is 8.90. The summed E-state index contributed by atoms with van der Waals surface area (Å²) in [6, 6.07) is 0.515. The maximum atomic E-state index is 11.8. The molecule has 1 aromatic heterocycles. The number of carbonyl (C=O) groups is 1. The van der Waals surface area contributed by atoms with Crippen LogP contribution in [0.25, 0.3) is 0 Å². The number of aromatic nitrogens is 2. The molecule has 1 aromatic rings. The number of nitrogens with one attached hydrogen (secondary N) is 1. The summed E-state index contributed by atoms with van der Waals surface area (Å²) in [5.74, 6) is 1.81. The first kappa shape index (κ1) is 17.9. The minimum Gasteiger partial charge on any atom is -0.353 e. The van der Waals surface area contributed by atoms with Crippen LogP contribution in [0.4, 0.5) is 5.13 Å². The topological polar surface area (TPSA) is 77.0 Å². The largest absolute Gasteiger partial charge is 0.353 e. The highest BCUT2D eigenvalue weighted by atomic mass is 32.1. The molecule has 1 aliphatic heterocycles. The predicted molar refractivity (Wildman–Crippen MR) is 100 cm³/mol. The van der Waals surface area contributed by atoms with E-state index in [0.29, 0.717) is 6.04 Å². The Morgan fingerprint density at radius 1 is 1.32 bits per heavy atom. The number of amides is 1. The molecule has 0 bridgehead atoms. The third-order valence-electron chi connectivity index (χ3n) is 4.40. The molecule has 1 saturated carbocycles. The van der Waals surface area contributed by atoms with Gasteiger partial charge in [-0.2, -0.15) is 4.37 Å². The molecule has 0 aromatic carbocycles. The van der Waals surface area contributed by atoms with E-state index in [4.69, 9.17) is 0 Å². The van der Waals surface area contributed by atoms with Gasteiger partial charge in [-0.1, -0.05) is 6.92 Å².